The van der Waals surface area contributed by atoms with Gasteiger partial charge in [0.2, 0.25) is 15.9 Å². The Morgan fingerprint density at radius 1 is 1.41 bits per heavy atom. The van der Waals surface area contributed by atoms with Crippen molar-refractivity contribution in [1.29, 1.82) is 0 Å². The Balaban J connectivity index is 1.99. The molecule has 1 aromatic carbocycles. The quantitative estimate of drug-likeness (QED) is 0.832. The zero-order valence-electron chi connectivity index (χ0n) is 12.7. The fraction of sp³-hybridized carbons (Fsp3) is 0.500. The van der Waals surface area contributed by atoms with Crippen molar-refractivity contribution in [3.63, 3.8) is 0 Å². The predicted molar refractivity (Wildman–Crippen MR) is 82.9 cm³/mol. The third-order valence-corrected chi connectivity index (χ3v) is 4.58. The molecular weight excluding hydrogens is 306 g/mol. The van der Waals surface area contributed by atoms with Crippen molar-refractivity contribution in [3.05, 3.63) is 24.3 Å². The normalized spacial score (nSPS) is 21.3. The molecule has 1 fully saturated rings. The summed E-state index contributed by atoms with van der Waals surface area (Å²) < 4.78 is 27.8. The molecule has 0 aromatic heterocycles. The van der Waals surface area contributed by atoms with Gasteiger partial charge in [-0.05, 0) is 38.1 Å². The molecule has 1 heterocycles. The van der Waals surface area contributed by atoms with Crippen LogP contribution in [-0.2, 0) is 19.6 Å². The lowest BCUT2D eigenvalue weighted by molar-refractivity contribution is -0.123. The highest BCUT2D eigenvalue weighted by atomic mass is 32.2. The first kappa shape index (κ1) is 16.9. The van der Waals surface area contributed by atoms with E-state index in [9.17, 15) is 13.2 Å². The van der Waals surface area contributed by atoms with E-state index in [1.807, 2.05) is 13.8 Å². The molecule has 0 saturated carbocycles. The van der Waals surface area contributed by atoms with Crippen LogP contribution in [0.3, 0.4) is 0 Å². The monoisotopic (exact) mass is 327 g/mol. The van der Waals surface area contributed by atoms with Gasteiger partial charge in [-0.2, -0.15) is 0 Å². The summed E-state index contributed by atoms with van der Waals surface area (Å²) in [6, 6.07) is 5.49. The predicted octanol–water partition coefficient (Wildman–Crippen LogP) is 0.382. The highest BCUT2D eigenvalue weighted by Crippen LogP contribution is 2.15. The Labute approximate surface area is 130 Å². The smallest absolute Gasteiger partial charge is 0.241 e. The summed E-state index contributed by atoms with van der Waals surface area (Å²) in [6.45, 7) is 5.85. The van der Waals surface area contributed by atoms with Crippen LogP contribution >= 0.6 is 0 Å². The summed E-state index contributed by atoms with van der Waals surface area (Å²) >= 11 is 0. The molecule has 1 amide bonds. The molecule has 1 aliphatic rings. The molecule has 7 nitrogen and oxygen atoms in total. The first-order valence-electron chi connectivity index (χ1n) is 7.07. The fourth-order valence-corrected chi connectivity index (χ4v) is 2.85. The Morgan fingerprint density at radius 3 is 2.59 bits per heavy atom. The molecule has 0 spiro atoms. The summed E-state index contributed by atoms with van der Waals surface area (Å²) in [5.41, 5.74) is 0.533. The van der Waals surface area contributed by atoms with Crippen LogP contribution in [0.5, 0.6) is 0 Å². The maximum absolute atomic E-state index is 12.3. The summed E-state index contributed by atoms with van der Waals surface area (Å²) in [5, 5.41) is 7.81. The SMILES string of the molecule is C[C@@H]1CN([C@H](C)C(=O)Nc2ccc(S(N)(=O)=O)cc2)CCO1. The summed E-state index contributed by atoms with van der Waals surface area (Å²) in [4.78, 5) is 14.3. The van der Waals surface area contributed by atoms with Crippen molar-refractivity contribution in [2.45, 2.75) is 30.9 Å². The van der Waals surface area contributed by atoms with Crippen molar-refractivity contribution in [1.82, 2.24) is 4.90 Å². The molecule has 0 bridgehead atoms. The first-order valence-corrected chi connectivity index (χ1v) is 8.61. The van der Waals surface area contributed by atoms with Gasteiger partial charge in [-0.3, -0.25) is 9.69 Å². The summed E-state index contributed by atoms with van der Waals surface area (Å²) in [7, 11) is -3.72. The largest absolute Gasteiger partial charge is 0.376 e. The van der Waals surface area contributed by atoms with E-state index >= 15 is 0 Å². The lowest BCUT2D eigenvalue weighted by Crippen LogP contribution is -2.50. The lowest BCUT2D eigenvalue weighted by atomic mass is 10.2. The van der Waals surface area contributed by atoms with Gasteiger partial charge in [0.05, 0.1) is 23.6 Å². The Hall–Kier alpha value is -1.48. The second-order valence-electron chi connectivity index (χ2n) is 5.41. The van der Waals surface area contributed by atoms with Crippen LogP contribution in [0, 0.1) is 0 Å². The van der Waals surface area contributed by atoms with Gasteiger partial charge >= 0.3 is 0 Å². The van der Waals surface area contributed by atoms with E-state index in [4.69, 9.17) is 9.88 Å². The average Bonchev–Trinajstić information content (AvgIpc) is 2.46. The molecule has 0 radical (unpaired) electrons. The maximum Gasteiger partial charge on any atom is 0.241 e. The molecule has 0 aliphatic carbocycles. The number of benzene rings is 1. The third kappa shape index (κ3) is 4.26. The number of ether oxygens (including phenoxy) is 1. The Morgan fingerprint density at radius 2 is 2.05 bits per heavy atom. The molecule has 1 saturated heterocycles. The molecule has 2 rings (SSSR count). The number of nitrogens with two attached hydrogens (primary N) is 1. The van der Waals surface area contributed by atoms with Crippen molar-refractivity contribution >= 4 is 21.6 Å². The highest BCUT2D eigenvalue weighted by Gasteiger charge is 2.26. The van der Waals surface area contributed by atoms with Gasteiger partial charge in [0.15, 0.2) is 0 Å². The maximum atomic E-state index is 12.3. The van der Waals surface area contributed by atoms with E-state index in [1.165, 1.54) is 24.3 Å². The number of primary sulfonamides is 1. The van der Waals surface area contributed by atoms with E-state index < -0.39 is 10.0 Å². The molecule has 2 atom stereocenters. The van der Waals surface area contributed by atoms with E-state index in [1.54, 1.807) is 0 Å². The molecule has 1 aliphatic heterocycles. The minimum absolute atomic E-state index is 0.0144. The number of anilines is 1. The first-order chi connectivity index (χ1) is 10.3. The Bertz CT molecular complexity index is 630. The van der Waals surface area contributed by atoms with Crippen molar-refractivity contribution in [3.8, 4) is 0 Å². The van der Waals surface area contributed by atoms with Crippen LogP contribution < -0.4 is 10.5 Å². The third-order valence-electron chi connectivity index (χ3n) is 3.65. The fourth-order valence-electron chi connectivity index (χ4n) is 2.34. The molecule has 22 heavy (non-hydrogen) atoms. The number of carbonyl (C=O) groups excluding carboxylic acids is 1. The van der Waals surface area contributed by atoms with Gasteiger partial charge in [0.25, 0.3) is 0 Å². The number of nitrogens with zero attached hydrogens (tertiary/aromatic N) is 1. The van der Waals surface area contributed by atoms with Crippen LogP contribution in [-0.4, -0.2) is 51.1 Å². The molecule has 8 heteroatoms. The molecule has 3 N–H and O–H groups in total. The van der Waals surface area contributed by atoms with Crippen molar-refractivity contribution in [2.24, 2.45) is 5.14 Å². The van der Waals surface area contributed by atoms with Crippen LogP contribution in [0.25, 0.3) is 0 Å². The molecule has 122 valence electrons. The zero-order valence-corrected chi connectivity index (χ0v) is 13.5. The number of amides is 1. The number of hydrogen-bond acceptors (Lipinski definition) is 5. The number of hydrogen-bond donors (Lipinski definition) is 2. The highest BCUT2D eigenvalue weighted by molar-refractivity contribution is 7.89. The van der Waals surface area contributed by atoms with Gasteiger partial charge in [0, 0.05) is 18.8 Å². The molecule has 0 unspecified atom stereocenters. The Kier molecular flexibility index (Phi) is 5.17. The minimum atomic E-state index is -3.72. The summed E-state index contributed by atoms with van der Waals surface area (Å²) in [5.74, 6) is -0.141. The number of nitrogens with one attached hydrogen (secondary N) is 1. The number of rotatable bonds is 4. The van der Waals surface area contributed by atoms with Crippen LogP contribution in [0.1, 0.15) is 13.8 Å². The van der Waals surface area contributed by atoms with E-state index in [-0.39, 0.29) is 22.9 Å². The lowest BCUT2D eigenvalue weighted by Gasteiger charge is -2.34. The number of carbonyl (C=O) groups is 1. The number of sulfonamides is 1. The molecule has 1 aromatic rings. The minimum Gasteiger partial charge on any atom is -0.376 e. The standard InChI is InChI=1S/C14H21N3O4S/c1-10-9-17(7-8-21-10)11(2)14(18)16-12-3-5-13(6-4-12)22(15,19)20/h3-6,10-11H,7-9H2,1-2H3,(H,16,18)(H2,15,19,20)/t10-,11-/m1/s1. The van der Waals surface area contributed by atoms with Gasteiger partial charge in [-0.1, -0.05) is 0 Å². The topological polar surface area (TPSA) is 102 Å². The molecular formula is C14H21N3O4S. The van der Waals surface area contributed by atoms with Crippen molar-refractivity contribution in [2.75, 3.05) is 25.0 Å². The second-order valence-corrected chi connectivity index (χ2v) is 6.97. The second kappa shape index (κ2) is 6.74. The zero-order chi connectivity index (χ0) is 16.3. The van der Waals surface area contributed by atoms with Crippen LogP contribution in [0.2, 0.25) is 0 Å². The average molecular weight is 327 g/mol. The van der Waals surface area contributed by atoms with Crippen LogP contribution in [0.15, 0.2) is 29.2 Å². The van der Waals surface area contributed by atoms with Gasteiger partial charge in [-0.15, -0.1) is 0 Å². The van der Waals surface area contributed by atoms with Gasteiger partial charge in [0.1, 0.15) is 0 Å². The van der Waals surface area contributed by atoms with Crippen molar-refractivity contribution < 1.29 is 17.9 Å². The van der Waals surface area contributed by atoms with Gasteiger partial charge < -0.3 is 10.1 Å². The van der Waals surface area contributed by atoms with E-state index in [0.717, 1.165) is 0 Å². The van der Waals surface area contributed by atoms with E-state index in [0.29, 0.717) is 25.4 Å². The summed E-state index contributed by atoms with van der Waals surface area (Å²) in [6.07, 6.45) is 0.109. The van der Waals surface area contributed by atoms with Crippen LogP contribution in [0.4, 0.5) is 5.69 Å². The van der Waals surface area contributed by atoms with E-state index in [2.05, 4.69) is 10.2 Å². The van der Waals surface area contributed by atoms with Gasteiger partial charge in [-0.25, -0.2) is 13.6 Å². The number of morpholine rings is 1.